The Morgan fingerprint density at radius 1 is 1.17 bits per heavy atom. The van der Waals surface area contributed by atoms with Gasteiger partial charge in [0.15, 0.2) is 0 Å². The number of pyridine rings is 2. The van der Waals surface area contributed by atoms with Crippen molar-refractivity contribution in [3.63, 3.8) is 0 Å². The van der Waals surface area contributed by atoms with Crippen molar-refractivity contribution in [3.05, 3.63) is 87.3 Å². The minimum Gasteiger partial charge on any atom is -0.462 e. The molecule has 146 valence electrons. The van der Waals surface area contributed by atoms with Crippen molar-refractivity contribution in [2.45, 2.75) is 20.4 Å². The molecule has 7 heteroatoms. The molecule has 0 saturated heterocycles. The first-order valence-corrected chi connectivity index (χ1v) is 9.32. The largest absolute Gasteiger partial charge is 0.462 e. The van der Waals surface area contributed by atoms with Crippen LogP contribution in [-0.2, 0) is 11.3 Å². The first-order chi connectivity index (χ1) is 14.0. The molecule has 1 N–H and O–H groups in total. The highest BCUT2D eigenvalue weighted by Crippen LogP contribution is 2.13. The van der Waals surface area contributed by atoms with Crippen molar-refractivity contribution < 1.29 is 9.53 Å². The third-order valence-electron chi connectivity index (χ3n) is 4.77. The fraction of sp³-hybridized carbons (Fsp3) is 0.182. The summed E-state index contributed by atoms with van der Waals surface area (Å²) in [4.78, 5) is 30.1. The number of rotatable bonds is 4. The number of fused-ring (bicyclic) bond motifs is 2. The number of ether oxygens (including phenoxy) is 1. The summed E-state index contributed by atoms with van der Waals surface area (Å²) in [5.74, 6) is -0.630. The van der Waals surface area contributed by atoms with Crippen molar-refractivity contribution in [1.29, 1.82) is 5.41 Å². The van der Waals surface area contributed by atoms with E-state index in [2.05, 4.69) is 4.98 Å². The maximum atomic E-state index is 13.1. The highest BCUT2D eigenvalue weighted by molar-refractivity contribution is 5.93. The van der Waals surface area contributed by atoms with Crippen molar-refractivity contribution in [2.75, 3.05) is 6.61 Å². The molecule has 7 nitrogen and oxygen atoms in total. The Bertz CT molecular complexity index is 1350. The molecular formula is C22H20N4O3. The zero-order chi connectivity index (χ0) is 20.5. The van der Waals surface area contributed by atoms with E-state index in [4.69, 9.17) is 10.1 Å². The minimum absolute atomic E-state index is 0.0382. The Morgan fingerprint density at radius 2 is 1.93 bits per heavy atom. The lowest BCUT2D eigenvalue weighted by atomic mass is 10.1. The van der Waals surface area contributed by atoms with E-state index in [1.54, 1.807) is 35.9 Å². The second kappa shape index (κ2) is 7.35. The van der Waals surface area contributed by atoms with Crippen LogP contribution in [-0.4, -0.2) is 26.5 Å². The number of carbonyl (C=O) groups is 1. The van der Waals surface area contributed by atoms with E-state index in [0.29, 0.717) is 17.8 Å². The summed E-state index contributed by atoms with van der Waals surface area (Å²) in [5, 5.41) is 8.88. The molecular weight excluding hydrogens is 368 g/mol. The van der Waals surface area contributed by atoms with Crippen molar-refractivity contribution in [2.24, 2.45) is 0 Å². The number of aromatic nitrogens is 3. The summed E-state index contributed by atoms with van der Waals surface area (Å²) in [6, 6.07) is 14.6. The van der Waals surface area contributed by atoms with Crippen molar-refractivity contribution >= 4 is 22.6 Å². The number of benzene rings is 1. The number of carbonyl (C=O) groups excluding carboxylic acids is 1. The molecule has 1 aromatic carbocycles. The van der Waals surface area contributed by atoms with Gasteiger partial charge in [-0.3, -0.25) is 14.6 Å². The number of hydrogen-bond donors (Lipinski definition) is 1. The average Bonchev–Trinajstić information content (AvgIpc) is 2.72. The molecule has 0 unspecified atom stereocenters. The molecule has 0 atom stereocenters. The van der Waals surface area contributed by atoms with Gasteiger partial charge in [-0.2, -0.15) is 0 Å². The van der Waals surface area contributed by atoms with Crippen LogP contribution in [0.5, 0.6) is 0 Å². The lowest BCUT2D eigenvalue weighted by Crippen LogP contribution is -2.31. The maximum absolute atomic E-state index is 13.1. The van der Waals surface area contributed by atoms with Crippen molar-refractivity contribution in [1.82, 2.24) is 14.0 Å². The molecule has 4 aromatic rings. The van der Waals surface area contributed by atoms with Crippen LogP contribution < -0.4 is 11.0 Å². The molecule has 0 aliphatic carbocycles. The molecule has 3 heterocycles. The number of aryl methyl sites for hydroxylation is 1. The molecule has 0 aliphatic rings. The van der Waals surface area contributed by atoms with E-state index in [9.17, 15) is 9.59 Å². The van der Waals surface area contributed by atoms with E-state index in [1.807, 2.05) is 31.2 Å². The number of nitrogens with one attached hydrogen (secondary N) is 1. The standard InChI is InChI=1S/C22H20N4O3/c1-3-29-22(28)16-12-17-20(24-18-6-4-5-11-25(18)21(17)27)26(19(16)23)13-15-9-7-14(2)8-10-15/h4-12,23H,3,13H2,1-2H3. The van der Waals surface area contributed by atoms with Gasteiger partial charge in [0, 0.05) is 6.20 Å². The highest BCUT2D eigenvalue weighted by Gasteiger charge is 2.18. The zero-order valence-corrected chi connectivity index (χ0v) is 16.2. The third kappa shape index (κ3) is 3.31. The van der Waals surface area contributed by atoms with Crippen LogP contribution in [0.1, 0.15) is 28.4 Å². The van der Waals surface area contributed by atoms with Crippen LogP contribution in [0.2, 0.25) is 0 Å². The van der Waals surface area contributed by atoms with E-state index in [-0.39, 0.29) is 28.6 Å². The van der Waals surface area contributed by atoms with Gasteiger partial charge in [-0.05, 0) is 37.6 Å². The Balaban J connectivity index is 2.05. The lowest BCUT2D eigenvalue weighted by molar-refractivity contribution is 0.0523. The van der Waals surface area contributed by atoms with Crippen LogP contribution in [0.25, 0.3) is 16.7 Å². The second-order valence-corrected chi connectivity index (χ2v) is 6.78. The summed E-state index contributed by atoms with van der Waals surface area (Å²) in [6.07, 6.45) is 1.63. The average molecular weight is 388 g/mol. The molecule has 0 amide bonds. The summed E-state index contributed by atoms with van der Waals surface area (Å²) in [5.41, 5.74) is 2.60. The Kier molecular flexibility index (Phi) is 4.72. The van der Waals surface area contributed by atoms with Gasteiger partial charge < -0.3 is 9.30 Å². The Morgan fingerprint density at radius 3 is 2.66 bits per heavy atom. The maximum Gasteiger partial charge on any atom is 0.341 e. The highest BCUT2D eigenvalue weighted by atomic mass is 16.5. The van der Waals surface area contributed by atoms with Gasteiger partial charge in [-0.25, -0.2) is 9.78 Å². The predicted molar refractivity (Wildman–Crippen MR) is 109 cm³/mol. The monoisotopic (exact) mass is 388 g/mol. The predicted octanol–water partition coefficient (Wildman–Crippen LogP) is 2.66. The van der Waals surface area contributed by atoms with E-state index >= 15 is 0 Å². The lowest BCUT2D eigenvalue weighted by Gasteiger charge is -2.14. The molecule has 0 bridgehead atoms. The molecule has 4 rings (SSSR count). The quantitative estimate of drug-likeness (QED) is 0.430. The van der Waals surface area contributed by atoms with E-state index in [0.717, 1.165) is 11.1 Å². The zero-order valence-electron chi connectivity index (χ0n) is 16.2. The molecule has 0 saturated carbocycles. The Hall–Kier alpha value is -3.74. The van der Waals surface area contributed by atoms with E-state index < -0.39 is 5.97 Å². The van der Waals surface area contributed by atoms with Crippen LogP contribution in [0, 0.1) is 12.3 Å². The molecule has 29 heavy (non-hydrogen) atoms. The molecule has 0 fully saturated rings. The van der Waals surface area contributed by atoms with Crippen LogP contribution >= 0.6 is 0 Å². The molecule has 0 spiro atoms. The number of esters is 1. The van der Waals surface area contributed by atoms with Gasteiger partial charge in [0.05, 0.1) is 18.5 Å². The van der Waals surface area contributed by atoms with Gasteiger partial charge in [0.2, 0.25) is 0 Å². The number of nitrogens with zero attached hydrogens (tertiary/aromatic N) is 3. The summed E-state index contributed by atoms with van der Waals surface area (Å²) in [6.45, 7) is 4.19. The van der Waals surface area contributed by atoms with Crippen LogP contribution in [0.3, 0.4) is 0 Å². The molecule has 0 radical (unpaired) electrons. The van der Waals surface area contributed by atoms with Crippen LogP contribution in [0.4, 0.5) is 0 Å². The third-order valence-corrected chi connectivity index (χ3v) is 4.77. The first kappa shape index (κ1) is 18.6. The summed E-state index contributed by atoms with van der Waals surface area (Å²) < 4.78 is 8.12. The van der Waals surface area contributed by atoms with Gasteiger partial charge in [-0.1, -0.05) is 35.9 Å². The van der Waals surface area contributed by atoms with Crippen molar-refractivity contribution in [3.8, 4) is 0 Å². The fourth-order valence-corrected chi connectivity index (χ4v) is 3.28. The SMILES string of the molecule is CCOC(=O)c1cc2c(=O)n3ccccc3nc2n(Cc2ccc(C)cc2)c1=N. The molecule has 3 aromatic heterocycles. The second-order valence-electron chi connectivity index (χ2n) is 6.78. The smallest absolute Gasteiger partial charge is 0.341 e. The van der Waals surface area contributed by atoms with Gasteiger partial charge in [0.1, 0.15) is 22.3 Å². The first-order valence-electron chi connectivity index (χ1n) is 9.32. The van der Waals surface area contributed by atoms with Crippen LogP contribution in [0.15, 0.2) is 59.5 Å². The summed E-state index contributed by atoms with van der Waals surface area (Å²) >= 11 is 0. The van der Waals surface area contributed by atoms with Gasteiger partial charge >= 0.3 is 5.97 Å². The van der Waals surface area contributed by atoms with E-state index in [1.165, 1.54) is 10.5 Å². The summed E-state index contributed by atoms with van der Waals surface area (Å²) in [7, 11) is 0. The minimum atomic E-state index is -0.630. The normalized spacial score (nSPS) is 11.1. The van der Waals surface area contributed by atoms with Gasteiger partial charge in [-0.15, -0.1) is 0 Å². The topological polar surface area (TPSA) is 89.4 Å². The van der Waals surface area contributed by atoms with Gasteiger partial charge in [0.25, 0.3) is 5.56 Å². The number of hydrogen-bond acceptors (Lipinski definition) is 5. The Labute approximate surface area is 166 Å². The fourth-order valence-electron chi connectivity index (χ4n) is 3.28. The molecule has 0 aliphatic heterocycles.